The summed E-state index contributed by atoms with van der Waals surface area (Å²) in [5.41, 5.74) is 3.97. The predicted molar refractivity (Wildman–Crippen MR) is 89.4 cm³/mol. The number of nitrogens with one attached hydrogen (secondary N) is 2. The summed E-state index contributed by atoms with van der Waals surface area (Å²) in [4.78, 5) is 0. The zero-order valence-corrected chi connectivity index (χ0v) is 13.9. The molecule has 3 aromatic rings. The summed E-state index contributed by atoms with van der Waals surface area (Å²) < 4.78 is 7.99. The first-order valence-corrected chi connectivity index (χ1v) is 7.62. The van der Waals surface area contributed by atoms with E-state index in [4.69, 9.17) is 39.8 Å². The van der Waals surface area contributed by atoms with Crippen molar-refractivity contribution in [3.63, 3.8) is 0 Å². The molecule has 0 radical (unpaired) electrons. The number of hydrogen-bond donors (Lipinski definition) is 2. The highest BCUT2D eigenvalue weighted by Crippen LogP contribution is 2.28. The molecule has 0 aliphatic carbocycles. The third-order valence-corrected chi connectivity index (χ3v) is 3.77. The number of aromatic nitrogens is 3. The first-order chi connectivity index (χ1) is 10.5. The van der Waals surface area contributed by atoms with Gasteiger partial charge in [-0.05, 0) is 49.5 Å². The molecule has 0 aliphatic heterocycles. The van der Waals surface area contributed by atoms with Crippen LogP contribution in [0.15, 0.2) is 34.7 Å². The molecule has 0 atom stereocenters. The van der Waals surface area contributed by atoms with Crippen molar-refractivity contribution in [1.82, 2.24) is 14.9 Å². The molecular weight excluding hydrogens is 343 g/mol. The minimum atomic E-state index is 0.475. The van der Waals surface area contributed by atoms with Crippen molar-refractivity contribution >= 4 is 35.4 Å². The largest absolute Gasteiger partial charge is 0.459 e. The number of nitrogens with zero attached hydrogens (tertiary/aromatic N) is 2. The van der Waals surface area contributed by atoms with Gasteiger partial charge in [-0.1, -0.05) is 23.2 Å². The van der Waals surface area contributed by atoms with Gasteiger partial charge in [0, 0.05) is 15.6 Å². The summed E-state index contributed by atoms with van der Waals surface area (Å²) in [6.07, 6.45) is 0. The Balaban J connectivity index is 1.78. The van der Waals surface area contributed by atoms with Gasteiger partial charge < -0.3 is 9.84 Å². The van der Waals surface area contributed by atoms with Gasteiger partial charge in [0.1, 0.15) is 17.3 Å². The predicted octanol–water partition coefficient (Wildman–Crippen LogP) is 4.56. The highest BCUT2D eigenvalue weighted by molar-refractivity contribution is 7.71. The van der Waals surface area contributed by atoms with Crippen LogP contribution in [0.1, 0.15) is 11.6 Å². The van der Waals surface area contributed by atoms with Gasteiger partial charge in [-0.15, -0.1) is 0 Å². The molecule has 2 N–H and O–H groups in total. The van der Waals surface area contributed by atoms with Gasteiger partial charge in [0.2, 0.25) is 4.77 Å². The van der Waals surface area contributed by atoms with E-state index in [2.05, 4.69) is 15.6 Å². The van der Waals surface area contributed by atoms with Crippen LogP contribution in [0.4, 0.5) is 0 Å². The molecule has 8 heteroatoms. The molecule has 22 heavy (non-hydrogen) atoms. The Hall–Kier alpha value is -1.76. The fourth-order valence-corrected chi connectivity index (χ4v) is 2.81. The zero-order chi connectivity index (χ0) is 15.7. The third-order valence-electron chi connectivity index (χ3n) is 3.06. The topological polar surface area (TPSA) is 58.8 Å². The lowest BCUT2D eigenvalue weighted by atomic mass is 10.2. The van der Waals surface area contributed by atoms with Gasteiger partial charge in [-0.3, -0.25) is 5.10 Å². The number of aromatic amines is 1. The third kappa shape index (κ3) is 3.19. The maximum Gasteiger partial charge on any atom is 0.214 e. The Kier molecular flexibility index (Phi) is 4.24. The van der Waals surface area contributed by atoms with Crippen molar-refractivity contribution in [2.75, 3.05) is 5.43 Å². The van der Waals surface area contributed by atoms with Crippen LogP contribution in [0, 0.1) is 11.7 Å². The number of rotatable bonds is 4. The number of furan rings is 1. The molecule has 5 nitrogen and oxygen atoms in total. The van der Waals surface area contributed by atoms with E-state index in [1.165, 1.54) is 0 Å². The van der Waals surface area contributed by atoms with Crippen LogP contribution in [-0.4, -0.2) is 14.9 Å². The molecule has 0 bridgehead atoms. The Bertz CT molecular complexity index is 848. The molecule has 114 valence electrons. The molecule has 0 amide bonds. The lowest BCUT2D eigenvalue weighted by molar-refractivity contribution is 0.521. The Morgan fingerprint density at radius 3 is 2.64 bits per heavy atom. The summed E-state index contributed by atoms with van der Waals surface area (Å²) >= 11 is 17.1. The summed E-state index contributed by atoms with van der Waals surface area (Å²) in [6, 6.07) is 9.05. The van der Waals surface area contributed by atoms with Gasteiger partial charge in [0.15, 0.2) is 0 Å². The second kappa shape index (κ2) is 6.16. The molecule has 2 aromatic heterocycles. The van der Waals surface area contributed by atoms with Crippen molar-refractivity contribution in [2.45, 2.75) is 13.5 Å². The van der Waals surface area contributed by atoms with Crippen molar-refractivity contribution in [1.29, 1.82) is 0 Å². The minimum Gasteiger partial charge on any atom is -0.459 e. The van der Waals surface area contributed by atoms with E-state index < -0.39 is 0 Å². The second-order valence-electron chi connectivity index (χ2n) is 4.67. The van der Waals surface area contributed by atoms with E-state index in [1.807, 2.05) is 19.1 Å². The van der Waals surface area contributed by atoms with Gasteiger partial charge in [0.25, 0.3) is 0 Å². The maximum absolute atomic E-state index is 6.01. The molecule has 1 aromatic carbocycles. The summed E-state index contributed by atoms with van der Waals surface area (Å²) in [6.45, 7) is 2.32. The normalized spacial score (nSPS) is 10.9. The minimum absolute atomic E-state index is 0.475. The van der Waals surface area contributed by atoms with Crippen LogP contribution in [0.5, 0.6) is 0 Å². The molecule has 3 rings (SSSR count). The molecule has 2 heterocycles. The lowest BCUT2D eigenvalue weighted by Gasteiger charge is -2.06. The highest BCUT2D eigenvalue weighted by Gasteiger charge is 2.08. The summed E-state index contributed by atoms with van der Waals surface area (Å²) in [5, 5.41) is 7.87. The number of aryl methyl sites for hydroxylation is 1. The van der Waals surface area contributed by atoms with Crippen LogP contribution in [0.2, 0.25) is 10.0 Å². The summed E-state index contributed by atoms with van der Waals surface area (Å²) in [7, 11) is 0. The fourth-order valence-electron chi connectivity index (χ4n) is 2.04. The van der Waals surface area contributed by atoms with Crippen LogP contribution in [0.3, 0.4) is 0 Å². The smallest absolute Gasteiger partial charge is 0.214 e. The lowest BCUT2D eigenvalue weighted by Crippen LogP contribution is -2.15. The number of hydrogen-bond acceptors (Lipinski definition) is 4. The molecule has 0 fully saturated rings. The number of H-pyrrole nitrogens is 1. The van der Waals surface area contributed by atoms with Crippen molar-refractivity contribution in [2.24, 2.45) is 0 Å². The highest BCUT2D eigenvalue weighted by atomic mass is 35.5. The van der Waals surface area contributed by atoms with E-state index in [0.717, 1.165) is 17.1 Å². The molecule has 0 unspecified atom stereocenters. The van der Waals surface area contributed by atoms with Crippen LogP contribution < -0.4 is 5.43 Å². The molecule has 0 aliphatic rings. The van der Waals surface area contributed by atoms with E-state index in [0.29, 0.717) is 27.1 Å². The van der Waals surface area contributed by atoms with Gasteiger partial charge in [0.05, 0.1) is 6.54 Å². The molecule has 0 saturated carbocycles. The maximum atomic E-state index is 6.01. The van der Waals surface area contributed by atoms with Crippen LogP contribution in [-0.2, 0) is 6.54 Å². The summed E-state index contributed by atoms with van der Waals surface area (Å²) in [5.74, 6) is 2.21. The average Bonchev–Trinajstić information content (AvgIpc) is 3.04. The molecule has 0 spiro atoms. The SMILES string of the molecule is Cc1n[nH]c(=S)n1NCc1ccc(-c2cc(Cl)cc(Cl)c2)o1. The first-order valence-electron chi connectivity index (χ1n) is 6.46. The van der Waals surface area contributed by atoms with E-state index in [1.54, 1.807) is 22.9 Å². The molecule has 0 saturated heterocycles. The van der Waals surface area contributed by atoms with Gasteiger partial charge in [-0.25, -0.2) is 4.68 Å². The second-order valence-corrected chi connectivity index (χ2v) is 5.93. The Morgan fingerprint density at radius 1 is 1.27 bits per heavy atom. The fraction of sp³-hybridized carbons (Fsp3) is 0.143. The average molecular weight is 355 g/mol. The first kappa shape index (κ1) is 15.1. The number of halogens is 2. The standard InChI is InChI=1S/C14H12Cl2N4OS/c1-8-18-19-14(22)20(8)17-7-12-2-3-13(21-12)9-4-10(15)6-11(16)5-9/h2-6,17H,7H2,1H3,(H,19,22). The van der Waals surface area contributed by atoms with Crippen molar-refractivity contribution in [3.8, 4) is 11.3 Å². The Labute approximate surface area is 141 Å². The quantitative estimate of drug-likeness (QED) is 0.674. The van der Waals surface area contributed by atoms with E-state index in [-0.39, 0.29) is 0 Å². The zero-order valence-electron chi connectivity index (χ0n) is 11.6. The van der Waals surface area contributed by atoms with E-state index in [9.17, 15) is 0 Å². The monoisotopic (exact) mass is 354 g/mol. The van der Waals surface area contributed by atoms with E-state index >= 15 is 0 Å². The van der Waals surface area contributed by atoms with Crippen molar-refractivity contribution < 1.29 is 4.42 Å². The van der Waals surface area contributed by atoms with Crippen molar-refractivity contribution in [3.05, 3.63) is 56.7 Å². The van der Waals surface area contributed by atoms with Gasteiger partial charge >= 0.3 is 0 Å². The Morgan fingerprint density at radius 2 is 2.00 bits per heavy atom. The van der Waals surface area contributed by atoms with Crippen LogP contribution >= 0.6 is 35.4 Å². The number of benzene rings is 1. The van der Waals surface area contributed by atoms with Crippen LogP contribution in [0.25, 0.3) is 11.3 Å². The molecular formula is C14H12Cl2N4OS. The van der Waals surface area contributed by atoms with Gasteiger partial charge in [-0.2, -0.15) is 5.10 Å².